The van der Waals surface area contributed by atoms with E-state index in [0.29, 0.717) is 43.0 Å². The van der Waals surface area contributed by atoms with E-state index in [1.54, 1.807) is 12.0 Å². The summed E-state index contributed by atoms with van der Waals surface area (Å²) in [5, 5.41) is 16.3. The molecule has 9 nitrogen and oxygen atoms in total. The first-order valence-electron chi connectivity index (χ1n) is 12.4. The number of nitrogens with one attached hydrogen (secondary N) is 2. The molecule has 2 aromatic rings. The molecule has 1 saturated heterocycles. The zero-order valence-corrected chi connectivity index (χ0v) is 21.5. The molecule has 1 fully saturated rings. The van der Waals surface area contributed by atoms with Crippen LogP contribution in [0.15, 0.2) is 24.3 Å². The Morgan fingerprint density at radius 2 is 2.03 bits per heavy atom. The van der Waals surface area contributed by atoms with E-state index >= 15 is 0 Å². The molecule has 10 heteroatoms. The summed E-state index contributed by atoms with van der Waals surface area (Å²) in [4.78, 5) is 30.5. The highest BCUT2D eigenvalue weighted by molar-refractivity contribution is 7.16. The number of urea groups is 1. The maximum absolute atomic E-state index is 12.7. The molecule has 36 heavy (non-hydrogen) atoms. The summed E-state index contributed by atoms with van der Waals surface area (Å²) < 4.78 is 10.7. The Balaban J connectivity index is 1.28. The fourth-order valence-electron chi connectivity index (χ4n) is 4.56. The number of benzene rings is 1. The summed E-state index contributed by atoms with van der Waals surface area (Å²) in [6, 6.07) is 9.81. The van der Waals surface area contributed by atoms with Crippen LogP contribution in [0.2, 0.25) is 0 Å². The molecule has 1 aromatic heterocycles. The number of hydrogen-bond acceptors (Lipinski definition) is 7. The van der Waals surface area contributed by atoms with Crippen molar-refractivity contribution in [3.63, 3.8) is 0 Å². The van der Waals surface area contributed by atoms with Crippen molar-refractivity contribution >= 4 is 28.3 Å². The predicted octanol–water partition coefficient (Wildman–Crippen LogP) is 2.99. The molecule has 0 radical (unpaired) electrons. The standard InChI is InChI=1S/C26H33N5O4S/c1-34-22-6-3-2-5-19(22)7-8-24(32)29-25-21(17-27)20-9-12-31(18-23(20)36-25)26(33)28-10-4-11-30-13-15-35-16-14-30/h2-3,5-6H,4,7-16,18H2,1H3,(H,28,33)(H,29,32). The summed E-state index contributed by atoms with van der Waals surface area (Å²) in [6.07, 6.45) is 2.33. The zero-order valence-electron chi connectivity index (χ0n) is 20.7. The topological polar surface area (TPSA) is 107 Å². The van der Waals surface area contributed by atoms with Gasteiger partial charge in [0.25, 0.3) is 0 Å². The molecule has 0 aliphatic carbocycles. The quantitative estimate of drug-likeness (QED) is 0.502. The molecule has 3 heterocycles. The molecule has 1 aromatic carbocycles. The number of nitrogens with zero attached hydrogens (tertiary/aromatic N) is 3. The van der Waals surface area contributed by atoms with E-state index in [2.05, 4.69) is 21.6 Å². The van der Waals surface area contributed by atoms with Gasteiger partial charge in [0.2, 0.25) is 5.91 Å². The Morgan fingerprint density at radius 3 is 2.81 bits per heavy atom. The lowest BCUT2D eigenvalue weighted by Crippen LogP contribution is -2.43. The molecule has 3 amide bonds. The number of anilines is 1. The number of carbonyl (C=O) groups is 2. The van der Waals surface area contributed by atoms with Crippen LogP contribution in [0.1, 0.15) is 34.4 Å². The SMILES string of the molecule is COc1ccccc1CCC(=O)Nc1sc2c(c1C#N)CCN(C(=O)NCCCN1CCOCC1)C2. The number of nitriles is 1. The Morgan fingerprint density at radius 1 is 1.22 bits per heavy atom. The molecule has 2 N–H and O–H groups in total. The number of hydrogen-bond donors (Lipinski definition) is 2. The number of rotatable bonds is 9. The van der Waals surface area contributed by atoms with Crippen LogP contribution in [-0.2, 0) is 28.9 Å². The maximum atomic E-state index is 12.7. The first kappa shape index (κ1) is 25.9. The van der Waals surface area contributed by atoms with Crippen molar-refractivity contribution in [3.05, 3.63) is 45.8 Å². The Labute approximate surface area is 216 Å². The fraction of sp³-hybridized carbons (Fsp3) is 0.500. The highest BCUT2D eigenvalue weighted by Crippen LogP contribution is 2.36. The number of carbonyl (C=O) groups excluding carboxylic acids is 2. The van der Waals surface area contributed by atoms with E-state index in [0.717, 1.165) is 61.0 Å². The van der Waals surface area contributed by atoms with Crippen LogP contribution in [0.25, 0.3) is 0 Å². The summed E-state index contributed by atoms with van der Waals surface area (Å²) >= 11 is 1.39. The van der Waals surface area contributed by atoms with Crippen molar-refractivity contribution in [1.82, 2.24) is 15.1 Å². The molecule has 0 unspecified atom stereocenters. The van der Waals surface area contributed by atoms with Gasteiger partial charge in [-0.1, -0.05) is 18.2 Å². The summed E-state index contributed by atoms with van der Waals surface area (Å²) in [5.41, 5.74) is 2.43. The Hall–Kier alpha value is -3.13. The lowest BCUT2D eigenvalue weighted by molar-refractivity contribution is -0.116. The number of morpholine rings is 1. The van der Waals surface area contributed by atoms with Crippen LogP contribution >= 0.6 is 11.3 Å². The van der Waals surface area contributed by atoms with Crippen molar-refractivity contribution in [1.29, 1.82) is 5.26 Å². The van der Waals surface area contributed by atoms with Gasteiger partial charge >= 0.3 is 6.03 Å². The third kappa shape index (κ3) is 6.55. The van der Waals surface area contributed by atoms with Gasteiger partial charge in [-0.25, -0.2) is 4.79 Å². The van der Waals surface area contributed by atoms with Crippen LogP contribution in [-0.4, -0.2) is 74.8 Å². The Bertz CT molecular complexity index is 1110. The van der Waals surface area contributed by atoms with E-state index in [1.807, 2.05) is 24.3 Å². The monoisotopic (exact) mass is 511 g/mol. The van der Waals surface area contributed by atoms with Crippen molar-refractivity contribution < 1.29 is 19.1 Å². The van der Waals surface area contributed by atoms with Gasteiger partial charge < -0.3 is 25.0 Å². The summed E-state index contributed by atoms with van der Waals surface area (Å²) in [7, 11) is 1.61. The van der Waals surface area contributed by atoms with Crippen molar-refractivity contribution in [2.75, 3.05) is 58.4 Å². The second-order valence-electron chi connectivity index (χ2n) is 8.89. The van der Waals surface area contributed by atoms with Crippen molar-refractivity contribution in [2.24, 2.45) is 0 Å². The predicted molar refractivity (Wildman–Crippen MR) is 138 cm³/mol. The number of para-hydroxylation sites is 1. The molecule has 2 aliphatic rings. The van der Waals surface area contributed by atoms with E-state index in [-0.39, 0.29) is 18.4 Å². The Kier molecular flexibility index (Phi) is 9.17. The van der Waals surface area contributed by atoms with Gasteiger partial charge in [-0.3, -0.25) is 9.69 Å². The van der Waals surface area contributed by atoms with E-state index < -0.39 is 0 Å². The second-order valence-corrected chi connectivity index (χ2v) is 10.00. The molecule has 0 atom stereocenters. The molecular weight excluding hydrogens is 478 g/mol. The number of ether oxygens (including phenoxy) is 2. The summed E-state index contributed by atoms with van der Waals surface area (Å²) in [5.74, 6) is 0.611. The van der Waals surface area contributed by atoms with Crippen LogP contribution in [0.3, 0.4) is 0 Å². The maximum Gasteiger partial charge on any atom is 0.317 e. The average Bonchev–Trinajstić information content (AvgIpc) is 3.26. The smallest absolute Gasteiger partial charge is 0.317 e. The van der Waals surface area contributed by atoms with Gasteiger partial charge in [-0.2, -0.15) is 5.26 Å². The van der Waals surface area contributed by atoms with Crippen molar-refractivity contribution in [2.45, 2.75) is 32.2 Å². The van der Waals surface area contributed by atoms with Gasteiger partial charge in [0, 0.05) is 37.5 Å². The minimum atomic E-state index is -0.147. The van der Waals surface area contributed by atoms with Gasteiger partial charge in [-0.05, 0) is 43.0 Å². The van der Waals surface area contributed by atoms with Gasteiger partial charge in [0.1, 0.15) is 16.8 Å². The van der Waals surface area contributed by atoms with Gasteiger partial charge in [0.15, 0.2) is 0 Å². The second kappa shape index (κ2) is 12.7. The fourth-order valence-corrected chi connectivity index (χ4v) is 5.79. The first-order valence-corrected chi connectivity index (χ1v) is 13.2. The van der Waals surface area contributed by atoms with Gasteiger partial charge in [0.05, 0.1) is 32.4 Å². The van der Waals surface area contributed by atoms with Crippen LogP contribution in [0, 0.1) is 11.3 Å². The third-order valence-electron chi connectivity index (χ3n) is 6.55. The third-order valence-corrected chi connectivity index (χ3v) is 7.69. The summed E-state index contributed by atoms with van der Waals surface area (Å²) in [6.45, 7) is 6.02. The molecule has 0 bridgehead atoms. The molecular formula is C26H33N5O4S. The molecule has 2 aliphatic heterocycles. The lowest BCUT2D eigenvalue weighted by Gasteiger charge is -2.28. The number of methoxy groups -OCH3 is 1. The number of thiophene rings is 1. The highest BCUT2D eigenvalue weighted by Gasteiger charge is 2.27. The van der Waals surface area contributed by atoms with E-state index in [9.17, 15) is 14.9 Å². The van der Waals surface area contributed by atoms with Crippen LogP contribution < -0.4 is 15.4 Å². The normalized spacial score (nSPS) is 15.6. The van der Waals surface area contributed by atoms with E-state index in [1.165, 1.54) is 11.3 Å². The van der Waals surface area contributed by atoms with E-state index in [4.69, 9.17) is 9.47 Å². The number of amides is 3. The zero-order chi connectivity index (χ0) is 25.3. The average molecular weight is 512 g/mol. The van der Waals surface area contributed by atoms with Gasteiger partial charge in [-0.15, -0.1) is 11.3 Å². The minimum absolute atomic E-state index is 0.0862. The molecule has 4 rings (SSSR count). The minimum Gasteiger partial charge on any atom is -0.496 e. The number of aryl methyl sites for hydroxylation is 1. The van der Waals surface area contributed by atoms with Crippen LogP contribution in [0.4, 0.5) is 9.80 Å². The van der Waals surface area contributed by atoms with Crippen LogP contribution in [0.5, 0.6) is 5.75 Å². The molecule has 0 saturated carbocycles. The largest absolute Gasteiger partial charge is 0.496 e. The lowest BCUT2D eigenvalue weighted by atomic mass is 10.0. The molecule has 0 spiro atoms. The first-order chi connectivity index (χ1) is 17.6. The number of fused-ring (bicyclic) bond motifs is 1. The van der Waals surface area contributed by atoms with Crippen molar-refractivity contribution in [3.8, 4) is 11.8 Å². The molecule has 192 valence electrons. The highest BCUT2D eigenvalue weighted by atomic mass is 32.1.